The Labute approximate surface area is 92.8 Å². The van der Waals surface area contributed by atoms with Crippen molar-refractivity contribution in [2.45, 2.75) is 38.2 Å². The van der Waals surface area contributed by atoms with Crippen LogP contribution in [0.1, 0.15) is 32.1 Å². The zero-order chi connectivity index (χ0) is 10.5. The molecular formula is C12H24N2O. The van der Waals surface area contributed by atoms with E-state index >= 15 is 0 Å². The summed E-state index contributed by atoms with van der Waals surface area (Å²) < 4.78 is 0. The fourth-order valence-electron chi connectivity index (χ4n) is 2.75. The lowest BCUT2D eigenvalue weighted by Gasteiger charge is -2.25. The molecule has 0 bridgehead atoms. The number of aliphatic hydroxyl groups excluding tert-OH is 1. The van der Waals surface area contributed by atoms with Gasteiger partial charge in [-0.05, 0) is 51.2 Å². The third-order valence-corrected chi connectivity index (χ3v) is 3.77. The molecule has 0 amide bonds. The van der Waals surface area contributed by atoms with Gasteiger partial charge in [-0.3, -0.25) is 0 Å². The standard InChI is InChI=1S/C12H24N2O/c15-12(10-14-7-3-4-8-14)11-5-1-2-6-13-9-11/h11-13,15H,1-10H2. The predicted octanol–water partition coefficient (Wildman–Crippen LogP) is 0.833. The molecule has 0 aliphatic carbocycles. The van der Waals surface area contributed by atoms with Crippen LogP contribution in [0.15, 0.2) is 0 Å². The molecule has 88 valence electrons. The molecule has 2 aliphatic heterocycles. The van der Waals surface area contributed by atoms with E-state index in [2.05, 4.69) is 10.2 Å². The van der Waals surface area contributed by atoms with Crippen molar-refractivity contribution in [1.82, 2.24) is 10.2 Å². The number of aliphatic hydroxyl groups is 1. The largest absolute Gasteiger partial charge is 0.391 e. The molecule has 3 heteroatoms. The van der Waals surface area contributed by atoms with Crippen LogP contribution in [0.2, 0.25) is 0 Å². The monoisotopic (exact) mass is 212 g/mol. The Bertz CT molecular complexity index is 172. The smallest absolute Gasteiger partial charge is 0.0707 e. The van der Waals surface area contributed by atoms with Gasteiger partial charge in [-0.1, -0.05) is 6.42 Å². The van der Waals surface area contributed by atoms with Crippen molar-refractivity contribution in [2.75, 3.05) is 32.7 Å². The summed E-state index contributed by atoms with van der Waals surface area (Å²) in [5, 5.41) is 13.6. The minimum Gasteiger partial charge on any atom is -0.391 e. The molecule has 3 nitrogen and oxygen atoms in total. The molecule has 0 aromatic carbocycles. The van der Waals surface area contributed by atoms with Crippen LogP contribution in [0, 0.1) is 5.92 Å². The normalized spacial score (nSPS) is 31.4. The number of likely N-dealkylation sites (tertiary alicyclic amines) is 1. The van der Waals surface area contributed by atoms with Crippen LogP contribution in [-0.4, -0.2) is 48.8 Å². The molecule has 0 aromatic heterocycles. The van der Waals surface area contributed by atoms with Crippen molar-refractivity contribution in [3.8, 4) is 0 Å². The Morgan fingerprint density at radius 2 is 2.00 bits per heavy atom. The number of β-amino-alcohol motifs (C(OH)–C–C–N with tert-alkyl or cyclic N) is 1. The van der Waals surface area contributed by atoms with Crippen molar-refractivity contribution < 1.29 is 5.11 Å². The summed E-state index contributed by atoms with van der Waals surface area (Å²) in [4.78, 5) is 2.41. The minimum atomic E-state index is -0.117. The van der Waals surface area contributed by atoms with E-state index in [1.54, 1.807) is 0 Å². The summed E-state index contributed by atoms with van der Waals surface area (Å²) in [6.07, 6.45) is 6.25. The highest BCUT2D eigenvalue weighted by atomic mass is 16.3. The van der Waals surface area contributed by atoms with Gasteiger partial charge in [-0.2, -0.15) is 0 Å². The third kappa shape index (κ3) is 3.44. The summed E-state index contributed by atoms with van der Waals surface area (Å²) in [6, 6.07) is 0. The molecular weight excluding hydrogens is 188 g/mol. The summed E-state index contributed by atoms with van der Waals surface area (Å²) in [5.74, 6) is 0.480. The van der Waals surface area contributed by atoms with Crippen LogP contribution in [0.25, 0.3) is 0 Å². The lowest BCUT2D eigenvalue weighted by molar-refractivity contribution is 0.0693. The second-order valence-corrected chi connectivity index (χ2v) is 5.04. The zero-order valence-corrected chi connectivity index (χ0v) is 9.62. The van der Waals surface area contributed by atoms with Crippen LogP contribution >= 0.6 is 0 Å². The number of nitrogens with zero attached hydrogens (tertiary/aromatic N) is 1. The van der Waals surface area contributed by atoms with Crippen LogP contribution in [0.5, 0.6) is 0 Å². The molecule has 2 saturated heterocycles. The van der Waals surface area contributed by atoms with Gasteiger partial charge in [0, 0.05) is 13.1 Å². The van der Waals surface area contributed by atoms with Crippen molar-refractivity contribution in [3.63, 3.8) is 0 Å². The maximum atomic E-state index is 10.2. The molecule has 15 heavy (non-hydrogen) atoms. The van der Waals surface area contributed by atoms with E-state index < -0.39 is 0 Å². The average Bonchev–Trinajstić information content (AvgIpc) is 2.58. The molecule has 2 aliphatic rings. The number of rotatable bonds is 3. The predicted molar refractivity (Wildman–Crippen MR) is 61.9 cm³/mol. The summed E-state index contributed by atoms with van der Waals surface area (Å²) in [6.45, 7) is 5.42. The molecule has 2 heterocycles. The number of nitrogens with one attached hydrogen (secondary N) is 1. The maximum absolute atomic E-state index is 10.2. The third-order valence-electron chi connectivity index (χ3n) is 3.77. The lowest BCUT2D eigenvalue weighted by atomic mass is 9.96. The van der Waals surface area contributed by atoms with Crippen molar-refractivity contribution in [1.29, 1.82) is 0 Å². The molecule has 0 radical (unpaired) electrons. The highest BCUT2D eigenvalue weighted by Crippen LogP contribution is 2.17. The van der Waals surface area contributed by atoms with Gasteiger partial charge >= 0.3 is 0 Å². The summed E-state index contributed by atoms with van der Waals surface area (Å²) >= 11 is 0. The first-order valence-corrected chi connectivity index (χ1v) is 6.47. The van der Waals surface area contributed by atoms with Gasteiger partial charge in [-0.15, -0.1) is 0 Å². The summed E-state index contributed by atoms with van der Waals surface area (Å²) in [7, 11) is 0. The second kappa shape index (κ2) is 5.83. The summed E-state index contributed by atoms with van der Waals surface area (Å²) in [5.41, 5.74) is 0. The van der Waals surface area contributed by atoms with Crippen molar-refractivity contribution >= 4 is 0 Å². The van der Waals surface area contributed by atoms with Gasteiger partial charge in [0.15, 0.2) is 0 Å². The van der Waals surface area contributed by atoms with E-state index in [0.717, 1.165) is 19.6 Å². The Kier molecular flexibility index (Phi) is 4.42. The molecule has 2 rings (SSSR count). The van der Waals surface area contributed by atoms with Crippen molar-refractivity contribution in [2.24, 2.45) is 5.92 Å². The van der Waals surface area contributed by atoms with Gasteiger partial charge in [0.1, 0.15) is 0 Å². The lowest BCUT2D eigenvalue weighted by Crippen LogP contribution is -2.38. The fraction of sp³-hybridized carbons (Fsp3) is 1.00. The topological polar surface area (TPSA) is 35.5 Å². The Hall–Kier alpha value is -0.120. The van der Waals surface area contributed by atoms with Gasteiger partial charge in [0.05, 0.1) is 6.10 Å². The van der Waals surface area contributed by atoms with Crippen molar-refractivity contribution in [3.05, 3.63) is 0 Å². The molecule has 2 fully saturated rings. The van der Waals surface area contributed by atoms with E-state index in [4.69, 9.17) is 0 Å². The van der Waals surface area contributed by atoms with Gasteiger partial charge < -0.3 is 15.3 Å². The number of hydrogen-bond donors (Lipinski definition) is 2. The molecule has 2 N–H and O–H groups in total. The average molecular weight is 212 g/mol. The Morgan fingerprint density at radius 3 is 2.80 bits per heavy atom. The van der Waals surface area contributed by atoms with E-state index in [1.165, 1.54) is 45.2 Å². The van der Waals surface area contributed by atoms with Crippen LogP contribution < -0.4 is 5.32 Å². The first kappa shape index (κ1) is 11.4. The van der Waals surface area contributed by atoms with Gasteiger partial charge in [0.25, 0.3) is 0 Å². The van der Waals surface area contributed by atoms with E-state index in [0.29, 0.717) is 5.92 Å². The van der Waals surface area contributed by atoms with Crippen LogP contribution in [0.4, 0.5) is 0 Å². The highest BCUT2D eigenvalue weighted by molar-refractivity contribution is 4.78. The van der Waals surface area contributed by atoms with Crippen LogP contribution in [0.3, 0.4) is 0 Å². The van der Waals surface area contributed by atoms with E-state index in [9.17, 15) is 5.11 Å². The molecule has 0 saturated carbocycles. The zero-order valence-electron chi connectivity index (χ0n) is 9.62. The molecule has 2 unspecified atom stereocenters. The Morgan fingerprint density at radius 1 is 1.20 bits per heavy atom. The Balaban J connectivity index is 1.74. The van der Waals surface area contributed by atoms with E-state index in [-0.39, 0.29) is 6.10 Å². The first-order chi connectivity index (χ1) is 7.36. The fourth-order valence-corrected chi connectivity index (χ4v) is 2.75. The van der Waals surface area contributed by atoms with E-state index in [1.807, 2.05) is 0 Å². The second-order valence-electron chi connectivity index (χ2n) is 5.04. The quantitative estimate of drug-likeness (QED) is 0.727. The van der Waals surface area contributed by atoms with Crippen LogP contribution in [-0.2, 0) is 0 Å². The molecule has 0 aromatic rings. The number of hydrogen-bond acceptors (Lipinski definition) is 3. The molecule has 2 atom stereocenters. The minimum absolute atomic E-state index is 0.117. The highest BCUT2D eigenvalue weighted by Gasteiger charge is 2.23. The SMILES string of the molecule is OC(CN1CCCC1)C1CCCCNC1. The maximum Gasteiger partial charge on any atom is 0.0707 e. The van der Waals surface area contributed by atoms with Gasteiger partial charge in [-0.25, -0.2) is 0 Å². The molecule has 0 spiro atoms. The first-order valence-electron chi connectivity index (χ1n) is 6.47. The van der Waals surface area contributed by atoms with Gasteiger partial charge in [0.2, 0.25) is 0 Å².